The van der Waals surface area contributed by atoms with Crippen molar-refractivity contribution in [2.24, 2.45) is 0 Å². The summed E-state index contributed by atoms with van der Waals surface area (Å²) in [5.74, 6) is 0. The zero-order chi connectivity index (χ0) is 28.6. The van der Waals surface area contributed by atoms with Gasteiger partial charge in [0.05, 0.1) is 45.2 Å². The van der Waals surface area contributed by atoms with Crippen LogP contribution in [0.25, 0.3) is 0 Å². The number of benzene rings is 3. The van der Waals surface area contributed by atoms with E-state index >= 15 is 0 Å². The number of ether oxygens (including phenoxy) is 3. The van der Waals surface area contributed by atoms with E-state index in [1.807, 2.05) is 91.0 Å². The Morgan fingerprint density at radius 2 is 1.23 bits per heavy atom. The van der Waals surface area contributed by atoms with Crippen molar-refractivity contribution in [3.8, 4) is 0 Å². The van der Waals surface area contributed by atoms with Crippen LogP contribution in [0, 0.1) is 0 Å². The Hall–Kier alpha value is -2.88. The molecule has 9 nitrogen and oxygen atoms in total. The van der Waals surface area contributed by atoms with Crippen molar-refractivity contribution in [2.75, 3.05) is 19.3 Å². The zero-order valence-corrected chi connectivity index (χ0v) is 23.6. The molecule has 1 amide bonds. The maximum atomic E-state index is 12.6. The van der Waals surface area contributed by atoms with Gasteiger partial charge in [0.25, 0.3) is 0 Å². The van der Waals surface area contributed by atoms with E-state index in [-0.39, 0.29) is 45.6 Å². The molecule has 2 N–H and O–H groups in total. The average Bonchev–Trinajstić information content (AvgIpc) is 2.98. The lowest BCUT2D eigenvalue weighted by atomic mass is 10.0. The van der Waals surface area contributed by atoms with Crippen LogP contribution < -0.4 is 0 Å². The molecule has 0 aliphatic heterocycles. The molecule has 0 radical (unpaired) electrons. The van der Waals surface area contributed by atoms with Gasteiger partial charge in [0.1, 0.15) is 12.2 Å². The van der Waals surface area contributed by atoms with E-state index in [0.29, 0.717) is 11.5 Å². The molecule has 0 heterocycles. The molecular formula is C30H38NO8P. The number of rotatable bonds is 19. The molecule has 0 fully saturated rings. The summed E-state index contributed by atoms with van der Waals surface area (Å²) in [6.45, 7) is 2.13. The molecule has 0 aliphatic carbocycles. The maximum Gasteiger partial charge on any atom is 0.328 e. The van der Waals surface area contributed by atoms with Gasteiger partial charge < -0.3 is 23.6 Å². The first-order chi connectivity index (χ1) is 19.4. The molecule has 0 spiro atoms. The van der Waals surface area contributed by atoms with Gasteiger partial charge in [0.15, 0.2) is 0 Å². The van der Waals surface area contributed by atoms with Gasteiger partial charge in [-0.2, -0.15) is 0 Å². The third kappa shape index (κ3) is 11.3. The van der Waals surface area contributed by atoms with Gasteiger partial charge >= 0.3 is 7.60 Å². The van der Waals surface area contributed by atoms with E-state index < -0.39 is 25.9 Å². The largest absolute Gasteiger partial charge is 0.371 e. The Balaban J connectivity index is 1.91. The van der Waals surface area contributed by atoms with Gasteiger partial charge in [-0.15, -0.1) is 0 Å². The Labute approximate surface area is 235 Å². The van der Waals surface area contributed by atoms with E-state index in [1.165, 1.54) is 0 Å². The first-order valence-electron chi connectivity index (χ1n) is 13.2. The zero-order valence-electron chi connectivity index (χ0n) is 22.7. The Bertz CT molecular complexity index is 1150. The SMILES string of the molecule is CCOP(=O)(O)CC[C@@H](OCc1ccccc1)[C@@H](OCc1ccccc1)[C@@H](CN(O)C=O)OCc1ccccc1. The summed E-state index contributed by atoms with van der Waals surface area (Å²) < 4.78 is 36.6. The van der Waals surface area contributed by atoms with Crippen LogP contribution in [-0.2, 0) is 47.9 Å². The van der Waals surface area contributed by atoms with Gasteiger partial charge in [0.2, 0.25) is 6.41 Å². The van der Waals surface area contributed by atoms with Crippen LogP contribution in [0.4, 0.5) is 0 Å². The van der Waals surface area contributed by atoms with Crippen LogP contribution in [0.15, 0.2) is 91.0 Å². The Morgan fingerprint density at radius 1 is 0.775 bits per heavy atom. The molecular weight excluding hydrogens is 533 g/mol. The Kier molecular flexibility index (Phi) is 13.5. The van der Waals surface area contributed by atoms with Crippen molar-refractivity contribution in [2.45, 2.75) is 51.5 Å². The minimum absolute atomic E-state index is 0.0961. The standard InChI is InChI=1S/C30H38NO8P/c1-2-39-40(34,35)19-18-28(36-21-25-12-6-3-7-13-25)30(38-23-27-16-10-5-11-17-27)29(20-31(33)24-32)37-22-26-14-8-4-9-15-26/h3-17,24,28-30,33H,2,18-23H2,1H3,(H,34,35)/t28-,29-,30-/m1/s1. The highest BCUT2D eigenvalue weighted by molar-refractivity contribution is 7.52. The number of nitrogens with zero attached hydrogens (tertiary/aromatic N) is 1. The van der Waals surface area contributed by atoms with Crippen molar-refractivity contribution in [1.82, 2.24) is 5.06 Å². The van der Waals surface area contributed by atoms with Crippen LogP contribution in [0.5, 0.6) is 0 Å². The predicted molar refractivity (Wildman–Crippen MR) is 151 cm³/mol. The fourth-order valence-electron chi connectivity index (χ4n) is 4.15. The molecule has 216 valence electrons. The lowest BCUT2D eigenvalue weighted by Gasteiger charge is -2.35. The molecule has 4 atom stereocenters. The summed E-state index contributed by atoms with van der Waals surface area (Å²) in [5, 5.41) is 10.7. The second-order valence-electron chi connectivity index (χ2n) is 9.23. The number of carbonyl (C=O) groups excluding carboxylic acids is 1. The molecule has 0 aliphatic rings. The molecule has 10 heteroatoms. The maximum absolute atomic E-state index is 12.6. The first kappa shape index (κ1) is 31.6. The van der Waals surface area contributed by atoms with Gasteiger partial charge in [-0.05, 0) is 30.0 Å². The molecule has 40 heavy (non-hydrogen) atoms. The summed E-state index contributed by atoms with van der Waals surface area (Å²) in [6.07, 6.45) is -2.19. The fraction of sp³-hybridized carbons (Fsp3) is 0.367. The fourth-order valence-corrected chi connectivity index (χ4v) is 5.27. The van der Waals surface area contributed by atoms with Gasteiger partial charge in [0, 0.05) is 0 Å². The second-order valence-corrected chi connectivity index (χ2v) is 11.2. The summed E-state index contributed by atoms with van der Waals surface area (Å²) in [5.41, 5.74) is 2.70. The molecule has 0 saturated carbocycles. The highest BCUT2D eigenvalue weighted by Crippen LogP contribution is 2.43. The molecule has 0 saturated heterocycles. The van der Waals surface area contributed by atoms with Gasteiger partial charge in [-0.25, -0.2) is 5.06 Å². The molecule has 3 aromatic rings. The summed E-state index contributed by atoms with van der Waals surface area (Å²) >= 11 is 0. The smallest absolute Gasteiger partial charge is 0.328 e. The van der Waals surface area contributed by atoms with Crippen LogP contribution in [0.2, 0.25) is 0 Å². The van der Waals surface area contributed by atoms with Crippen molar-refractivity contribution in [1.29, 1.82) is 0 Å². The van der Waals surface area contributed by atoms with Crippen LogP contribution in [0.3, 0.4) is 0 Å². The number of hydrogen-bond donors (Lipinski definition) is 2. The highest BCUT2D eigenvalue weighted by Gasteiger charge is 2.35. The molecule has 0 aromatic heterocycles. The number of amides is 1. The van der Waals surface area contributed by atoms with Crippen molar-refractivity contribution in [3.05, 3.63) is 108 Å². The van der Waals surface area contributed by atoms with E-state index in [9.17, 15) is 19.5 Å². The van der Waals surface area contributed by atoms with Crippen LogP contribution in [-0.4, -0.2) is 59.2 Å². The summed E-state index contributed by atoms with van der Waals surface area (Å²) in [4.78, 5) is 21.7. The Morgan fingerprint density at radius 3 is 1.68 bits per heavy atom. The van der Waals surface area contributed by atoms with E-state index in [2.05, 4.69) is 0 Å². The van der Waals surface area contributed by atoms with E-state index in [1.54, 1.807) is 6.92 Å². The predicted octanol–water partition coefficient (Wildman–Crippen LogP) is 5.20. The summed E-state index contributed by atoms with van der Waals surface area (Å²) in [7, 11) is -3.88. The normalized spacial score (nSPS) is 15.1. The third-order valence-corrected chi connectivity index (χ3v) is 7.63. The molecule has 3 rings (SSSR count). The average molecular weight is 572 g/mol. The monoisotopic (exact) mass is 571 g/mol. The van der Waals surface area contributed by atoms with Crippen LogP contribution in [0.1, 0.15) is 30.0 Å². The van der Waals surface area contributed by atoms with Gasteiger partial charge in [-0.1, -0.05) is 91.0 Å². The quantitative estimate of drug-likeness (QED) is 0.0873. The lowest BCUT2D eigenvalue weighted by Crippen LogP contribution is -2.48. The molecule has 1 unspecified atom stereocenters. The number of hydrogen-bond acceptors (Lipinski definition) is 7. The van der Waals surface area contributed by atoms with E-state index in [0.717, 1.165) is 16.7 Å². The topological polar surface area (TPSA) is 115 Å². The van der Waals surface area contributed by atoms with Crippen LogP contribution >= 0.6 is 7.60 Å². The minimum atomic E-state index is -3.88. The lowest BCUT2D eigenvalue weighted by molar-refractivity contribution is -0.187. The minimum Gasteiger partial charge on any atom is -0.371 e. The van der Waals surface area contributed by atoms with Crippen molar-refractivity contribution in [3.63, 3.8) is 0 Å². The number of hydroxylamine groups is 2. The number of carbonyl (C=O) groups is 1. The van der Waals surface area contributed by atoms with Gasteiger partial charge in [-0.3, -0.25) is 14.6 Å². The van der Waals surface area contributed by atoms with Crippen molar-refractivity contribution >= 4 is 14.0 Å². The highest BCUT2D eigenvalue weighted by atomic mass is 31.2. The van der Waals surface area contributed by atoms with E-state index in [4.69, 9.17) is 18.7 Å². The first-order valence-corrected chi connectivity index (χ1v) is 15.0. The summed E-state index contributed by atoms with van der Waals surface area (Å²) in [6, 6.07) is 28.5. The molecule has 0 bridgehead atoms. The third-order valence-electron chi connectivity index (χ3n) is 6.15. The van der Waals surface area contributed by atoms with Crippen molar-refractivity contribution < 1.29 is 38.2 Å². The molecule has 3 aromatic carbocycles. The second kappa shape index (κ2) is 17.0.